The Morgan fingerprint density at radius 2 is 2.30 bits per heavy atom. The maximum Gasteiger partial charge on any atom is 0.147 e. The lowest BCUT2D eigenvalue weighted by Crippen LogP contribution is -2.06. The number of hydrogen-bond acceptors (Lipinski definition) is 3. The summed E-state index contributed by atoms with van der Waals surface area (Å²) < 4.78 is 9.75. The number of aliphatic hydroxyl groups excluding tert-OH is 1. The highest BCUT2D eigenvalue weighted by Gasteiger charge is 1.92. The Balaban J connectivity index is 3.24. The van der Waals surface area contributed by atoms with Gasteiger partial charge in [0.25, 0.3) is 0 Å². The van der Waals surface area contributed by atoms with Crippen molar-refractivity contribution in [2.45, 2.75) is 13.0 Å². The van der Waals surface area contributed by atoms with Crippen LogP contribution in [0.25, 0.3) is 0 Å². The molecule has 0 heterocycles. The van der Waals surface area contributed by atoms with E-state index in [0.717, 1.165) is 0 Å². The van der Waals surface area contributed by atoms with Gasteiger partial charge in [-0.3, -0.25) is 0 Å². The zero-order valence-corrected chi connectivity index (χ0v) is 6.41. The summed E-state index contributed by atoms with van der Waals surface area (Å²) in [5.41, 5.74) is 0. The Bertz CT molecular complexity index is 90.9. The van der Waals surface area contributed by atoms with E-state index in [-0.39, 0.29) is 19.5 Å². The van der Waals surface area contributed by atoms with Gasteiger partial charge < -0.3 is 14.6 Å². The average Bonchev–Trinajstić information content (AvgIpc) is 1.97. The normalized spacial score (nSPS) is 14.3. The Labute approximate surface area is 61.3 Å². The molecular weight excluding hydrogens is 132 g/mol. The van der Waals surface area contributed by atoms with E-state index in [9.17, 15) is 0 Å². The quantitative estimate of drug-likeness (QED) is 0.454. The van der Waals surface area contributed by atoms with Crippen molar-refractivity contribution in [1.29, 1.82) is 0 Å². The van der Waals surface area contributed by atoms with E-state index in [1.54, 1.807) is 19.3 Å². The van der Waals surface area contributed by atoms with Crippen LogP contribution in [0.15, 0.2) is 12.2 Å². The summed E-state index contributed by atoms with van der Waals surface area (Å²) in [5.74, 6) is 0. The molecule has 3 heteroatoms. The Morgan fingerprint density at radius 3 is 2.80 bits per heavy atom. The highest BCUT2D eigenvalue weighted by Crippen LogP contribution is 1.91. The van der Waals surface area contributed by atoms with Crippen LogP contribution in [0.2, 0.25) is 0 Å². The highest BCUT2D eigenvalue weighted by atomic mass is 16.7. The maximum absolute atomic E-state index is 8.37. The molecule has 0 fully saturated rings. The second-order valence-electron chi connectivity index (χ2n) is 1.89. The summed E-state index contributed by atoms with van der Waals surface area (Å²) in [5, 5.41) is 8.37. The van der Waals surface area contributed by atoms with E-state index < -0.39 is 0 Å². The number of ether oxygens (including phenoxy) is 2. The zero-order chi connectivity index (χ0) is 7.82. The zero-order valence-electron chi connectivity index (χ0n) is 6.41. The van der Waals surface area contributed by atoms with Crippen LogP contribution in [-0.4, -0.2) is 31.7 Å². The van der Waals surface area contributed by atoms with Gasteiger partial charge in [0.15, 0.2) is 0 Å². The molecule has 0 rings (SSSR count). The third kappa shape index (κ3) is 5.75. The molecular formula is C7H14O3. The lowest BCUT2D eigenvalue weighted by Gasteiger charge is -2.05. The summed E-state index contributed by atoms with van der Waals surface area (Å²) in [4.78, 5) is 0. The Kier molecular flexibility index (Phi) is 6.48. The van der Waals surface area contributed by atoms with Crippen molar-refractivity contribution in [1.82, 2.24) is 0 Å². The van der Waals surface area contributed by atoms with E-state index in [0.29, 0.717) is 0 Å². The van der Waals surface area contributed by atoms with Crippen LogP contribution in [-0.2, 0) is 9.47 Å². The van der Waals surface area contributed by atoms with E-state index in [1.165, 1.54) is 0 Å². The van der Waals surface area contributed by atoms with Crippen molar-refractivity contribution >= 4 is 0 Å². The van der Waals surface area contributed by atoms with Gasteiger partial charge in [-0.25, -0.2) is 0 Å². The average molecular weight is 146 g/mol. The van der Waals surface area contributed by atoms with Crippen LogP contribution >= 0.6 is 0 Å². The fourth-order valence-electron chi connectivity index (χ4n) is 0.483. The van der Waals surface area contributed by atoms with Crippen LogP contribution in [0, 0.1) is 0 Å². The predicted molar refractivity (Wildman–Crippen MR) is 38.6 cm³/mol. The molecule has 0 amide bonds. The number of aliphatic hydroxyl groups is 1. The van der Waals surface area contributed by atoms with Crippen LogP contribution in [0.4, 0.5) is 0 Å². The van der Waals surface area contributed by atoms with Gasteiger partial charge in [-0.15, -0.1) is 0 Å². The van der Waals surface area contributed by atoms with Gasteiger partial charge in [-0.2, -0.15) is 0 Å². The second-order valence-corrected chi connectivity index (χ2v) is 1.89. The molecule has 60 valence electrons. The molecule has 0 unspecified atom stereocenters. The van der Waals surface area contributed by atoms with Crippen LogP contribution < -0.4 is 0 Å². The molecule has 0 aliphatic heterocycles. The van der Waals surface area contributed by atoms with Crippen molar-refractivity contribution in [3.8, 4) is 0 Å². The fraction of sp³-hybridized carbons (Fsp3) is 0.714. The summed E-state index contributed by atoms with van der Waals surface area (Å²) in [7, 11) is 1.57. The van der Waals surface area contributed by atoms with E-state index in [2.05, 4.69) is 4.74 Å². The molecule has 0 saturated heterocycles. The molecule has 0 radical (unpaired) electrons. The van der Waals surface area contributed by atoms with Gasteiger partial charge in [0.05, 0.1) is 12.7 Å². The molecule has 0 spiro atoms. The lowest BCUT2D eigenvalue weighted by molar-refractivity contribution is -0.0496. The van der Waals surface area contributed by atoms with E-state index >= 15 is 0 Å². The first-order chi connectivity index (χ1) is 4.81. The fourth-order valence-corrected chi connectivity index (χ4v) is 0.483. The molecule has 0 aromatic rings. The molecule has 0 aliphatic carbocycles. The SMILES string of the molecule is COCO[C@@H](C)C=CCO. The molecule has 10 heavy (non-hydrogen) atoms. The van der Waals surface area contributed by atoms with Crippen LogP contribution in [0.3, 0.4) is 0 Å². The molecule has 1 atom stereocenters. The minimum atomic E-state index is 0.00657. The minimum absolute atomic E-state index is 0.00657. The van der Waals surface area contributed by atoms with Crippen molar-refractivity contribution < 1.29 is 14.6 Å². The molecule has 0 saturated carbocycles. The monoisotopic (exact) mass is 146 g/mol. The van der Waals surface area contributed by atoms with Crippen molar-refractivity contribution in [2.75, 3.05) is 20.5 Å². The first-order valence-corrected chi connectivity index (χ1v) is 3.19. The van der Waals surface area contributed by atoms with Gasteiger partial charge in [0, 0.05) is 7.11 Å². The predicted octanol–water partition coefficient (Wildman–Crippen LogP) is 0.544. The Hall–Kier alpha value is -0.380. The van der Waals surface area contributed by atoms with Crippen molar-refractivity contribution in [2.24, 2.45) is 0 Å². The summed E-state index contributed by atoms with van der Waals surface area (Å²) in [6.45, 7) is 2.22. The molecule has 0 aromatic heterocycles. The number of methoxy groups -OCH3 is 1. The molecule has 0 bridgehead atoms. The first kappa shape index (κ1) is 9.62. The minimum Gasteiger partial charge on any atom is -0.392 e. The van der Waals surface area contributed by atoms with Gasteiger partial charge in [0.1, 0.15) is 6.79 Å². The molecule has 0 aliphatic rings. The second kappa shape index (κ2) is 6.74. The summed E-state index contributed by atoms with van der Waals surface area (Å²) in [6, 6.07) is 0. The summed E-state index contributed by atoms with van der Waals surface area (Å²) >= 11 is 0. The Morgan fingerprint density at radius 1 is 1.60 bits per heavy atom. The molecule has 1 N–H and O–H groups in total. The van der Waals surface area contributed by atoms with Gasteiger partial charge in [0.2, 0.25) is 0 Å². The van der Waals surface area contributed by atoms with Gasteiger partial charge in [-0.1, -0.05) is 12.2 Å². The first-order valence-electron chi connectivity index (χ1n) is 3.19. The van der Waals surface area contributed by atoms with Crippen LogP contribution in [0.1, 0.15) is 6.92 Å². The van der Waals surface area contributed by atoms with Crippen molar-refractivity contribution in [3.63, 3.8) is 0 Å². The van der Waals surface area contributed by atoms with E-state index in [4.69, 9.17) is 9.84 Å². The summed E-state index contributed by atoms with van der Waals surface area (Å²) in [6.07, 6.45) is 3.42. The highest BCUT2D eigenvalue weighted by molar-refractivity contribution is 4.86. The van der Waals surface area contributed by atoms with E-state index in [1.807, 2.05) is 6.92 Å². The third-order valence-electron chi connectivity index (χ3n) is 0.961. The topological polar surface area (TPSA) is 38.7 Å². The number of hydrogen-bond donors (Lipinski definition) is 1. The van der Waals surface area contributed by atoms with Gasteiger partial charge >= 0.3 is 0 Å². The van der Waals surface area contributed by atoms with Gasteiger partial charge in [-0.05, 0) is 6.92 Å². The maximum atomic E-state index is 8.37. The number of rotatable bonds is 5. The molecule has 3 nitrogen and oxygen atoms in total. The third-order valence-corrected chi connectivity index (χ3v) is 0.961. The standard InChI is InChI=1S/C7H14O3/c1-7(4-3-5-8)10-6-9-2/h3-4,7-8H,5-6H2,1-2H3/t7-/m0/s1. The van der Waals surface area contributed by atoms with Crippen molar-refractivity contribution in [3.05, 3.63) is 12.2 Å². The molecule has 0 aromatic carbocycles. The largest absolute Gasteiger partial charge is 0.392 e. The smallest absolute Gasteiger partial charge is 0.147 e. The van der Waals surface area contributed by atoms with Crippen LogP contribution in [0.5, 0.6) is 0 Å². The lowest BCUT2D eigenvalue weighted by atomic mass is 10.3.